The highest BCUT2D eigenvalue weighted by Gasteiger charge is 2.16. The van der Waals surface area contributed by atoms with E-state index >= 15 is 0 Å². The molecule has 0 radical (unpaired) electrons. The van der Waals surface area contributed by atoms with Crippen LogP contribution in [0.3, 0.4) is 0 Å². The zero-order chi connectivity index (χ0) is 16.9. The molecule has 0 saturated carbocycles. The van der Waals surface area contributed by atoms with Crippen molar-refractivity contribution in [3.05, 3.63) is 40.7 Å². The molecule has 0 spiro atoms. The van der Waals surface area contributed by atoms with Crippen LogP contribution in [0.15, 0.2) is 35.1 Å². The molecule has 7 nitrogen and oxygen atoms in total. The second-order valence-corrected chi connectivity index (χ2v) is 5.31. The molecule has 1 aliphatic rings. The lowest BCUT2D eigenvalue weighted by Gasteiger charge is -2.12. The summed E-state index contributed by atoms with van der Waals surface area (Å²) in [7, 11) is 3.17. The van der Waals surface area contributed by atoms with E-state index in [-0.39, 0.29) is 11.8 Å². The lowest BCUT2D eigenvalue weighted by molar-refractivity contribution is -0.0497. The maximum Gasteiger partial charge on any atom is 0.266 e. The molecule has 0 amide bonds. The van der Waals surface area contributed by atoms with E-state index in [4.69, 9.17) is 18.9 Å². The first kappa shape index (κ1) is 16.5. The van der Waals surface area contributed by atoms with Gasteiger partial charge in [-0.1, -0.05) is 0 Å². The number of aryl methyl sites for hydroxylation is 1. The van der Waals surface area contributed by atoms with Crippen molar-refractivity contribution in [3.8, 4) is 22.8 Å². The Bertz CT molecular complexity index is 753. The molecule has 2 heterocycles. The van der Waals surface area contributed by atoms with Gasteiger partial charge in [-0.2, -0.15) is 5.10 Å². The van der Waals surface area contributed by atoms with Gasteiger partial charge in [-0.25, -0.2) is 4.68 Å². The SMILES string of the molecule is COc1ccc(-c2ccc(=O)n(CCC3OCCO3)n2)cc1OC. The van der Waals surface area contributed by atoms with Crippen LogP contribution >= 0.6 is 0 Å². The molecule has 7 heteroatoms. The van der Waals surface area contributed by atoms with Gasteiger partial charge in [-0.05, 0) is 24.3 Å². The Labute approximate surface area is 139 Å². The molecular formula is C17H20N2O5. The number of methoxy groups -OCH3 is 2. The van der Waals surface area contributed by atoms with Gasteiger partial charge in [0.1, 0.15) is 0 Å². The number of hydrogen-bond donors (Lipinski definition) is 0. The van der Waals surface area contributed by atoms with Crippen LogP contribution < -0.4 is 15.0 Å². The van der Waals surface area contributed by atoms with E-state index < -0.39 is 0 Å². The lowest BCUT2D eigenvalue weighted by Crippen LogP contribution is -2.24. The van der Waals surface area contributed by atoms with Crippen LogP contribution in [-0.2, 0) is 16.0 Å². The van der Waals surface area contributed by atoms with Crippen molar-refractivity contribution in [2.45, 2.75) is 19.3 Å². The Balaban J connectivity index is 1.83. The van der Waals surface area contributed by atoms with Crippen molar-refractivity contribution in [2.24, 2.45) is 0 Å². The summed E-state index contributed by atoms with van der Waals surface area (Å²) in [6.07, 6.45) is 0.325. The second-order valence-electron chi connectivity index (χ2n) is 5.31. The molecule has 0 bridgehead atoms. The van der Waals surface area contributed by atoms with E-state index in [1.54, 1.807) is 20.3 Å². The summed E-state index contributed by atoms with van der Waals surface area (Å²) in [6.45, 7) is 1.63. The standard InChI is InChI=1S/C17H20N2O5/c1-21-14-5-3-12(11-15(14)22-2)13-4-6-16(20)19(18-13)8-7-17-23-9-10-24-17/h3-6,11,17H,7-10H2,1-2H3. The Morgan fingerprint density at radius 1 is 1.12 bits per heavy atom. The van der Waals surface area contributed by atoms with Crippen LogP contribution in [0, 0.1) is 0 Å². The first-order chi connectivity index (χ1) is 11.7. The maximum absolute atomic E-state index is 12.0. The molecule has 0 unspecified atom stereocenters. The summed E-state index contributed by atoms with van der Waals surface area (Å²) in [5.41, 5.74) is 1.37. The van der Waals surface area contributed by atoms with Crippen LogP contribution in [0.4, 0.5) is 0 Å². The van der Waals surface area contributed by atoms with Crippen LogP contribution in [0.25, 0.3) is 11.3 Å². The van der Waals surface area contributed by atoms with Gasteiger partial charge in [-0.15, -0.1) is 0 Å². The van der Waals surface area contributed by atoms with E-state index in [0.717, 1.165) is 5.56 Å². The molecule has 128 valence electrons. The largest absolute Gasteiger partial charge is 0.493 e. The predicted octanol–water partition coefficient (Wildman–Crippen LogP) is 1.69. The normalized spacial score (nSPS) is 14.8. The van der Waals surface area contributed by atoms with E-state index in [9.17, 15) is 4.79 Å². The van der Waals surface area contributed by atoms with Gasteiger partial charge in [0.25, 0.3) is 5.56 Å². The lowest BCUT2D eigenvalue weighted by atomic mass is 10.1. The fourth-order valence-corrected chi connectivity index (χ4v) is 2.56. The third kappa shape index (κ3) is 3.58. The molecule has 2 aromatic rings. The van der Waals surface area contributed by atoms with Crippen molar-refractivity contribution < 1.29 is 18.9 Å². The van der Waals surface area contributed by atoms with E-state index in [0.29, 0.717) is 43.4 Å². The molecular weight excluding hydrogens is 312 g/mol. The minimum absolute atomic E-state index is 0.155. The quantitative estimate of drug-likeness (QED) is 0.802. The van der Waals surface area contributed by atoms with Crippen LogP contribution in [-0.4, -0.2) is 43.5 Å². The highest BCUT2D eigenvalue weighted by molar-refractivity contribution is 5.63. The van der Waals surface area contributed by atoms with Crippen molar-refractivity contribution >= 4 is 0 Å². The predicted molar refractivity (Wildman–Crippen MR) is 87.3 cm³/mol. The molecule has 1 saturated heterocycles. The zero-order valence-electron chi connectivity index (χ0n) is 13.7. The molecule has 0 N–H and O–H groups in total. The molecule has 3 rings (SSSR count). The van der Waals surface area contributed by atoms with Gasteiger partial charge in [0.15, 0.2) is 17.8 Å². The monoisotopic (exact) mass is 332 g/mol. The van der Waals surface area contributed by atoms with E-state index in [1.807, 2.05) is 18.2 Å². The second kappa shape index (κ2) is 7.46. The molecule has 0 aliphatic carbocycles. The van der Waals surface area contributed by atoms with Crippen molar-refractivity contribution in [1.82, 2.24) is 9.78 Å². The Kier molecular flexibility index (Phi) is 5.12. The minimum Gasteiger partial charge on any atom is -0.493 e. The fraction of sp³-hybridized carbons (Fsp3) is 0.412. The van der Waals surface area contributed by atoms with Crippen molar-refractivity contribution in [3.63, 3.8) is 0 Å². The number of aromatic nitrogens is 2. The number of rotatable bonds is 6. The van der Waals surface area contributed by atoms with Gasteiger partial charge in [0.05, 0.1) is 33.1 Å². The first-order valence-electron chi connectivity index (χ1n) is 7.75. The van der Waals surface area contributed by atoms with Crippen molar-refractivity contribution in [2.75, 3.05) is 27.4 Å². The maximum atomic E-state index is 12.0. The summed E-state index contributed by atoms with van der Waals surface area (Å²) < 4.78 is 22.8. The summed E-state index contributed by atoms with van der Waals surface area (Å²) in [5.74, 6) is 1.26. The van der Waals surface area contributed by atoms with Crippen molar-refractivity contribution in [1.29, 1.82) is 0 Å². The van der Waals surface area contributed by atoms with Crippen LogP contribution in [0.2, 0.25) is 0 Å². The summed E-state index contributed by atoms with van der Waals surface area (Å²) in [4.78, 5) is 12.0. The average molecular weight is 332 g/mol. The summed E-state index contributed by atoms with van der Waals surface area (Å²) in [6, 6.07) is 8.73. The van der Waals surface area contributed by atoms with Gasteiger partial charge in [0.2, 0.25) is 0 Å². The molecule has 0 atom stereocenters. The van der Waals surface area contributed by atoms with E-state index in [1.165, 1.54) is 10.7 Å². The average Bonchev–Trinajstić information content (AvgIpc) is 3.14. The fourth-order valence-electron chi connectivity index (χ4n) is 2.56. The minimum atomic E-state index is -0.261. The number of hydrogen-bond acceptors (Lipinski definition) is 6. The Morgan fingerprint density at radius 2 is 1.88 bits per heavy atom. The molecule has 24 heavy (non-hydrogen) atoms. The van der Waals surface area contributed by atoms with Gasteiger partial charge < -0.3 is 18.9 Å². The topological polar surface area (TPSA) is 71.8 Å². The number of nitrogens with zero attached hydrogens (tertiary/aromatic N) is 2. The van der Waals surface area contributed by atoms with Gasteiger partial charge in [0, 0.05) is 24.6 Å². The highest BCUT2D eigenvalue weighted by Crippen LogP contribution is 2.31. The number of benzene rings is 1. The third-order valence-corrected chi connectivity index (χ3v) is 3.81. The Morgan fingerprint density at radius 3 is 2.58 bits per heavy atom. The van der Waals surface area contributed by atoms with Gasteiger partial charge >= 0.3 is 0 Å². The third-order valence-electron chi connectivity index (χ3n) is 3.81. The molecule has 1 aromatic carbocycles. The first-order valence-corrected chi connectivity index (χ1v) is 7.75. The number of ether oxygens (including phenoxy) is 4. The molecule has 1 fully saturated rings. The highest BCUT2D eigenvalue weighted by atomic mass is 16.7. The summed E-state index contributed by atoms with van der Waals surface area (Å²) >= 11 is 0. The smallest absolute Gasteiger partial charge is 0.266 e. The van der Waals surface area contributed by atoms with E-state index in [2.05, 4.69) is 5.10 Å². The van der Waals surface area contributed by atoms with Crippen LogP contribution in [0.1, 0.15) is 6.42 Å². The Hall–Kier alpha value is -2.38. The zero-order valence-corrected chi connectivity index (χ0v) is 13.7. The molecule has 1 aromatic heterocycles. The van der Waals surface area contributed by atoms with Gasteiger partial charge in [-0.3, -0.25) is 4.79 Å². The summed E-state index contributed by atoms with van der Waals surface area (Å²) in [5, 5.41) is 4.43. The van der Waals surface area contributed by atoms with Crippen LogP contribution in [0.5, 0.6) is 11.5 Å². The molecule has 1 aliphatic heterocycles.